The first kappa shape index (κ1) is 18.2. The molecule has 2 aromatic heterocycles. The molecule has 4 rings (SSSR count). The smallest absolute Gasteiger partial charge is 0.255 e. The number of benzene rings is 1. The highest BCUT2D eigenvalue weighted by molar-refractivity contribution is 5.95. The number of H-pyrrole nitrogens is 1. The molecule has 0 saturated heterocycles. The van der Waals surface area contributed by atoms with E-state index in [9.17, 15) is 9.59 Å². The van der Waals surface area contributed by atoms with Crippen LogP contribution in [-0.2, 0) is 17.6 Å². The monoisotopic (exact) mass is 377 g/mol. The normalized spacial score (nSPS) is 13.9. The standard InChI is InChI=1S/C21H23N5O2/c1-3-15(14-8-5-4-6-9-14)19(27)23-18-12-13(2)25-26(18)21-22-17-11-7-10-16(17)20(28)24-21/h4-6,8-9,12,15H,3,7,10-11H2,1-2H3,(H,23,27)(H,22,24,28)/t15-/m1/s1. The zero-order chi connectivity index (χ0) is 19.7. The van der Waals surface area contributed by atoms with Crippen molar-refractivity contribution in [2.75, 3.05) is 5.32 Å². The van der Waals surface area contributed by atoms with Gasteiger partial charge in [-0.1, -0.05) is 37.3 Å². The zero-order valence-electron chi connectivity index (χ0n) is 16.0. The lowest BCUT2D eigenvalue weighted by molar-refractivity contribution is -0.117. The number of fused-ring (bicyclic) bond motifs is 1. The number of hydrogen-bond donors (Lipinski definition) is 2. The van der Waals surface area contributed by atoms with Crippen molar-refractivity contribution in [2.24, 2.45) is 0 Å². The zero-order valence-corrected chi connectivity index (χ0v) is 16.0. The second kappa shape index (κ2) is 7.42. The van der Waals surface area contributed by atoms with Gasteiger partial charge in [0.15, 0.2) is 0 Å². The summed E-state index contributed by atoms with van der Waals surface area (Å²) in [4.78, 5) is 32.7. The van der Waals surface area contributed by atoms with E-state index in [-0.39, 0.29) is 17.4 Å². The van der Waals surface area contributed by atoms with Gasteiger partial charge in [0.2, 0.25) is 11.9 Å². The molecule has 0 aliphatic heterocycles. The minimum absolute atomic E-state index is 0.113. The predicted molar refractivity (Wildman–Crippen MR) is 107 cm³/mol. The molecule has 0 saturated carbocycles. The van der Waals surface area contributed by atoms with Gasteiger partial charge in [-0.15, -0.1) is 0 Å². The van der Waals surface area contributed by atoms with Crippen LogP contribution in [0.25, 0.3) is 5.95 Å². The van der Waals surface area contributed by atoms with Crippen LogP contribution in [-0.4, -0.2) is 25.7 Å². The number of amides is 1. The average molecular weight is 377 g/mol. The number of carbonyl (C=O) groups excluding carboxylic acids is 1. The lowest BCUT2D eigenvalue weighted by Gasteiger charge is -2.16. The van der Waals surface area contributed by atoms with E-state index in [1.54, 1.807) is 6.07 Å². The van der Waals surface area contributed by atoms with Gasteiger partial charge in [-0.05, 0) is 38.2 Å². The summed E-state index contributed by atoms with van der Waals surface area (Å²) in [6.07, 6.45) is 3.16. The van der Waals surface area contributed by atoms with Crippen molar-refractivity contribution in [3.05, 3.63) is 69.3 Å². The van der Waals surface area contributed by atoms with Crippen LogP contribution in [0.3, 0.4) is 0 Å². The maximum atomic E-state index is 12.9. The molecule has 7 nitrogen and oxygen atoms in total. The molecule has 2 heterocycles. The molecule has 28 heavy (non-hydrogen) atoms. The maximum absolute atomic E-state index is 12.9. The van der Waals surface area contributed by atoms with Crippen LogP contribution in [0, 0.1) is 6.92 Å². The summed E-state index contributed by atoms with van der Waals surface area (Å²) in [5.74, 6) is 0.454. The quantitative estimate of drug-likeness (QED) is 0.715. The fraction of sp³-hybridized carbons (Fsp3) is 0.333. The predicted octanol–water partition coefficient (Wildman–Crippen LogP) is 2.89. The van der Waals surface area contributed by atoms with Crippen LogP contribution in [0.15, 0.2) is 41.2 Å². The van der Waals surface area contributed by atoms with Gasteiger partial charge in [-0.3, -0.25) is 14.6 Å². The number of nitrogens with one attached hydrogen (secondary N) is 2. The van der Waals surface area contributed by atoms with Crippen molar-refractivity contribution in [1.82, 2.24) is 19.7 Å². The van der Waals surface area contributed by atoms with Crippen molar-refractivity contribution in [3.63, 3.8) is 0 Å². The molecule has 1 aliphatic carbocycles. The second-order valence-corrected chi connectivity index (χ2v) is 7.11. The van der Waals surface area contributed by atoms with Crippen LogP contribution < -0.4 is 10.9 Å². The van der Waals surface area contributed by atoms with E-state index in [1.807, 2.05) is 44.2 Å². The molecule has 1 amide bonds. The summed E-state index contributed by atoms with van der Waals surface area (Å²) in [6.45, 7) is 3.82. The van der Waals surface area contributed by atoms with Crippen LogP contribution in [0.2, 0.25) is 0 Å². The van der Waals surface area contributed by atoms with Gasteiger partial charge in [0.05, 0.1) is 17.3 Å². The fourth-order valence-electron chi connectivity index (χ4n) is 3.75. The molecule has 144 valence electrons. The molecule has 1 aliphatic rings. The Hall–Kier alpha value is -3.22. The highest BCUT2D eigenvalue weighted by atomic mass is 16.2. The third-order valence-corrected chi connectivity index (χ3v) is 5.14. The molecule has 7 heteroatoms. The first-order valence-corrected chi connectivity index (χ1v) is 9.61. The molecule has 2 N–H and O–H groups in total. The van der Waals surface area contributed by atoms with Crippen LogP contribution in [0.5, 0.6) is 0 Å². The van der Waals surface area contributed by atoms with Crippen molar-refractivity contribution < 1.29 is 4.79 Å². The Morgan fingerprint density at radius 2 is 2.07 bits per heavy atom. The number of anilines is 1. The summed E-state index contributed by atoms with van der Waals surface area (Å²) in [7, 11) is 0. The van der Waals surface area contributed by atoms with E-state index in [2.05, 4.69) is 20.4 Å². The summed E-state index contributed by atoms with van der Waals surface area (Å²) < 4.78 is 1.50. The Balaban J connectivity index is 1.66. The van der Waals surface area contributed by atoms with Gasteiger partial charge < -0.3 is 5.32 Å². The Kier molecular flexibility index (Phi) is 4.81. The van der Waals surface area contributed by atoms with E-state index in [4.69, 9.17) is 0 Å². The lowest BCUT2D eigenvalue weighted by Crippen LogP contribution is -2.24. The van der Waals surface area contributed by atoms with Gasteiger partial charge >= 0.3 is 0 Å². The molecule has 0 fully saturated rings. The molecule has 0 radical (unpaired) electrons. The van der Waals surface area contributed by atoms with Gasteiger partial charge in [-0.25, -0.2) is 4.98 Å². The van der Waals surface area contributed by atoms with E-state index in [1.165, 1.54) is 4.68 Å². The summed E-state index contributed by atoms with van der Waals surface area (Å²) >= 11 is 0. The number of hydrogen-bond acceptors (Lipinski definition) is 4. The molecular formula is C21H23N5O2. The van der Waals surface area contributed by atoms with Crippen molar-refractivity contribution in [1.29, 1.82) is 0 Å². The van der Waals surface area contributed by atoms with E-state index in [0.717, 1.165) is 41.8 Å². The highest BCUT2D eigenvalue weighted by Crippen LogP contribution is 2.23. The fourth-order valence-corrected chi connectivity index (χ4v) is 3.75. The first-order valence-electron chi connectivity index (χ1n) is 9.61. The maximum Gasteiger partial charge on any atom is 0.255 e. The number of rotatable bonds is 5. The van der Waals surface area contributed by atoms with E-state index >= 15 is 0 Å². The second-order valence-electron chi connectivity index (χ2n) is 7.11. The van der Waals surface area contributed by atoms with Crippen LogP contribution in [0.1, 0.15) is 48.2 Å². The molecule has 1 aromatic carbocycles. The largest absolute Gasteiger partial charge is 0.310 e. The van der Waals surface area contributed by atoms with Gasteiger partial charge in [-0.2, -0.15) is 9.78 Å². The lowest BCUT2D eigenvalue weighted by atomic mass is 9.96. The third-order valence-electron chi connectivity index (χ3n) is 5.14. The van der Waals surface area contributed by atoms with Crippen molar-refractivity contribution in [3.8, 4) is 5.95 Å². The average Bonchev–Trinajstić information content (AvgIpc) is 3.30. The van der Waals surface area contributed by atoms with Gasteiger partial charge in [0, 0.05) is 11.6 Å². The Morgan fingerprint density at radius 3 is 2.82 bits per heavy atom. The highest BCUT2D eigenvalue weighted by Gasteiger charge is 2.23. The number of carbonyl (C=O) groups is 1. The number of aromatic nitrogens is 4. The SMILES string of the molecule is CC[C@@H](C(=O)Nc1cc(C)nn1-c1nc2c(c(=O)[nH]1)CCC2)c1ccccc1. The third kappa shape index (κ3) is 3.35. The topological polar surface area (TPSA) is 92.7 Å². The summed E-state index contributed by atoms with van der Waals surface area (Å²) in [6, 6.07) is 11.5. The molecule has 0 unspecified atom stereocenters. The number of aryl methyl sites for hydroxylation is 2. The van der Waals surface area contributed by atoms with Crippen LogP contribution in [0.4, 0.5) is 5.82 Å². The van der Waals surface area contributed by atoms with Crippen molar-refractivity contribution >= 4 is 11.7 Å². The Morgan fingerprint density at radius 1 is 1.29 bits per heavy atom. The number of nitrogens with zero attached hydrogens (tertiary/aromatic N) is 3. The summed E-state index contributed by atoms with van der Waals surface area (Å²) in [5, 5.41) is 7.39. The first-order chi connectivity index (χ1) is 13.6. The van der Waals surface area contributed by atoms with Gasteiger partial charge in [0.1, 0.15) is 5.82 Å². The van der Waals surface area contributed by atoms with E-state index in [0.29, 0.717) is 18.2 Å². The van der Waals surface area contributed by atoms with Gasteiger partial charge in [0.25, 0.3) is 5.56 Å². The minimum atomic E-state index is -0.267. The molecule has 0 bridgehead atoms. The Labute approximate surface area is 162 Å². The Bertz CT molecular complexity index is 1070. The van der Waals surface area contributed by atoms with E-state index < -0.39 is 0 Å². The van der Waals surface area contributed by atoms with Crippen molar-refractivity contribution in [2.45, 2.75) is 45.4 Å². The van der Waals surface area contributed by atoms with Crippen LogP contribution >= 0.6 is 0 Å². The molecule has 0 spiro atoms. The number of aromatic amines is 1. The minimum Gasteiger partial charge on any atom is -0.310 e. The molecule has 1 atom stereocenters. The summed E-state index contributed by atoms with van der Waals surface area (Å²) in [5.41, 5.74) is 3.15. The molecule has 3 aromatic rings. The molecular weight excluding hydrogens is 354 g/mol.